The molecule has 158 valence electrons. The van der Waals surface area contributed by atoms with Gasteiger partial charge < -0.3 is 20.7 Å². The third-order valence-corrected chi connectivity index (χ3v) is 5.91. The topological polar surface area (TPSA) is 98.3 Å². The highest BCUT2D eigenvalue weighted by Gasteiger charge is 2.38. The van der Waals surface area contributed by atoms with Crippen LogP contribution in [0.1, 0.15) is 39.0 Å². The number of carbonyl (C=O) groups is 2. The number of hydrogen-bond acceptors (Lipinski definition) is 5. The summed E-state index contributed by atoms with van der Waals surface area (Å²) in [5.74, 6) is 0.565. The fourth-order valence-corrected chi connectivity index (χ4v) is 4.36. The van der Waals surface area contributed by atoms with Gasteiger partial charge in [-0.25, -0.2) is 4.79 Å². The summed E-state index contributed by atoms with van der Waals surface area (Å²) in [6, 6.07) is -0.317. The first-order valence-corrected chi connectivity index (χ1v) is 10.6. The zero-order valence-electron chi connectivity index (χ0n) is 17.0. The number of carbonyl (C=O) groups excluding carboxylic acids is 2. The SMILES string of the molecule is CCNC(=NCC1(N2CCOCC2)CCCCC1)NCCN1C(=O)CNC1=O. The summed E-state index contributed by atoms with van der Waals surface area (Å²) in [4.78, 5) is 32.0. The normalized spacial score (nSPS) is 23.6. The number of guanidine groups is 1. The Bertz CT molecular complexity index is 554. The van der Waals surface area contributed by atoms with Gasteiger partial charge in [0.25, 0.3) is 0 Å². The van der Waals surface area contributed by atoms with Crippen LogP contribution in [-0.2, 0) is 9.53 Å². The van der Waals surface area contributed by atoms with Crippen LogP contribution < -0.4 is 16.0 Å². The average molecular weight is 395 g/mol. The smallest absolute Gasteiger partial charge is 0.324 e. The third kappa shape index (κ3) is 5.14. The third-order valence-electron chi connectivity index (χ3n) is 5.91. The second kappa shape index (κ2) is 10.1. The number of urea groups is 1. The van der Waals surface area contributed by atoms with Crippen LogP contribution in [0.4, 0.5) is 4.79 Å². The van der Waals surface area contributed by atoms with E-state index in [-0.39, 0.29) is 24.0 Å². The molecule has 0 spiro atoms. The minimum Gasteiger partial charge on any atom is -0.379 e. The second-order valence-corrected chi connectivity index (χ2v) is 7.71. The highest BCUT2D eigenvalue weighted by Crippen LogP contribution is 2.34. The van der Waals surface area contributed by atoms with E-state index in [9.17, 15) is 9.59 Å². The molecular weight excluding hydrogens is 360 g/mol. The second-order valence-electron chi connectivity index (χ2n) is 7.71. The summed E-state index contributed by atoms with van der Waals surface area (Å²) in [6.07, 6.45) is 6.17. The van der Waals surface area contributed by atoms with Gasteiger partial charge in [0.2, 0.25) is 5.91 Å². The lowest BCUT2D eigenvalue weighted by Crippen LogP contribution is -2.56. The maximum Gasteiger partial charge on any atom is 0.324 e. The van der Waals surface area contributed by atoms with E-state index in [1.54, 1.807) is 0 Å². The molecular formula is C19H34N6O3. The summed E-state index contributed by atoms with van der Waals surface area (Å²) in [5.41, 5.74) is 0.120. The van der Waals surface area contributed by atoms with E-state index < -0.39 is 0 Å². The molecule has 2 heterocycles. The zero-order chi connectivity index (χ0) is 19.8. The first kappa shape index (κ1) is 20.9. The fourth-order valence-electron chi connectivity index (χ4n) is 4.36. The number of morpholine rings is 1. The van der Waals surface area contributed by atoms with Gasteiger partial charge in [0.05, 0.1) is 26.3 Å². The lowest BCUT2D eigenvalue weighted by atomic mass is 9.80. The van der Waals surface area contributed by atoms with E-state index in [0.717, 1.165) is 45.4 Å². The van der Waals surface area contributed by atoms with Crippen molar-refractivity contribution in [1.29, 1.82) is 0 Å². The van der Waals surface area contributed by atoms with Crippen molar-refractivity contribution in [2.75, 3.05) is 59.0 Å². The molecule has 28 heavy (non-hydrogen) atoms. The molecule has 3 amide bonds. The average Bonchev–Trinajstić information content (AvgIpc) is 3.05. The molecule has 9 nitrogen and oxygen atoms in total. The van der Waals surface area contributed by atoms with Crippen LogP contribution in [0.15, 0.2) is 4.99 Å². The van der Waals surface area contributed by atoms with Crippen LogP contribution in [0, 0.1) is 0 Å². The van der Waals surface area contributed by atoms with Crippen LogP contribution in [0.5, 0.6) is 0 Å². The highest BCUT2D eigenvalue weighted by atomic mass is 16.5. The number of rotatable bonds is 7. The summed E-state index contributed by atoms with van der Waals surface area (Å²) in [6.45, 7) is 8.02. The molecule has 0 unspecified atom stereocenters. The lowest BCUT2D eigenvalue weighted by Gasteiger charge is -2.47. The van der Waals surface area contributed by atoms with Crippen LogP contribution in [0.25, 0.3) is 0 Å². The minimum atomic E-state index is -0.317. The molecule has 3 fully saturated rings. The van der Waals surface area contributed by atoms with Gasteiger partial charge in [0.1, 0.15) is 0 Å². The number of hydrogen-bond donors (Lipinski definition) is 3. The molecule has 2 saturated heterocycles. The van der Waals surface area contributed by atoms with Gasteiger partial charge in [0, 0.05) is 38.3 Å². The predicted molar refractivity (Wildman–Crippen MR) is 107 cm³/mol. The molecule has 0 aromatic heterocycles. The van der Waals surface area contributed by atoms with Crippen molar-refractivity contribution in [1.82, 2.24) is 25.8 Å². The Hall–Kier alpha value is -1.87. The quantitative estimate of drug-likeness (QED) is 0.323. The molecule has 0 aromatic carbocycles. The van der Waals surface area contributed by atoms with Crippen molar-refractivity contribution in [2.45, 2.75) is 44.6 Å². The Morgan fingerprint density at radius 3 is 2.57 bits per heavy atom. The van der Waals surface area contributed by atoms with Crippen molar-refractivity contribution >= 4 is 17.9 Å². The molecule has 0 aromatic rings. The van der Waals surface area contributed by atoms with E-state index >= 15 is 0 Å². The number of nitrogens with zero attached hydrogens (tertiary/aromatic N) is 3. The van der Waals surface area contributed by atoms with Crippen LogP contribution in [0.3, 0.4) is 0 Å². The summed E-state index contributed by atoms with van der Waals surface area (Å²) in [7, 11) is 0. The first-order valence-electron chi connectivity index (χ1n) is 10.6. The van der Waals surface area contributed by atoms with Crippen molar-refractivity contribution < 1.29 is 14.3 Å². The standard InChI is InChI=1S/C19H34N6O3/c1-2-20-17(21-8-9-25-16(26)14-22-18(25)27)23-15-19(6-4-3-5-7-19)24-10-12-28-13-11-24/h2-15H2,1H3,(H,22,27)(H2,20,21,23). The van der Waals surface area contributed by atoms with E-state index in [2.05, 4.69) is 20.9 Å². The van der Waals surface area contributed by atoms with Gasteiger partial charge >= 0.3 is 6.03 Å². The van der Waals surface area contributed by atoms with E-state index in [1.807, 2.05) is 6.92 Å². The molecule has 3 rings (SSSR count). The summed E-state index contributed by atoms with van der Waals surface area (Å²) in [5, 5.41) is 9.09. The molecule has 1 saturated carbocycles. The number of ether oxygens (including phenoxy) is 1. The Labute approximate surface area is 167 Å². The first-order chi connectivity index (χ1) is 13.6. The summed E-state index contributed by atoms with van der Waals surface area (Å²) >= 11 is 0. The molecule has 0 bridgehead atoms. The number of aliphatic imine (C=N–C) groups is 1. The minimum absolute atomic E-state index is 0.0923. The lowest BCUT2D eigenvalue weighted by molar-refractivity contribution is -0.124. The van der Waals surface area contributed by atoms with Crippen molar-refractivity contribution in [3.8, 4) is 0 Å². The van der Waals surface area contributed by atoms with Gasteiger partial charge in [-0.1, -0.05) is 19.3 Å². The van der Waals surface area contributed by atoms with Gasteiger partial charge in [-0.3, -0.25) is 19.6 Å². The van der Waals surface area contributed by atoms with Crippen LogP contribution in [0.2, 0.25) is 0 Å². The number of nitrogens with one attached hydrogen (secondary N) is 3. The number of amides is 3. The Morgan fingerprint density at radius 1 is 1.18 bits per heavy atom. The maximum absolute atomic E-state index is 11.7. The molecule has 0 radical (unpaired) electrons. The van der Waals surface area contributed by atoms with E-state index in [0.29, 0.717) is 13.1 Å². The van der Waals surface area contributed by atoms with E-state index in [1.165, 1.54) is 37.0 Å². The fraction of sp³-hybridized carbons (Fsp3) is 0.842. The van der Waals surface area contributed by atoms with Gasteiger partial charge in [0.15, 0.2) is 5.96 Å². The molecule has 9 heteroatoms. The molecule has 1 aliphatic carbocycles. The maximum atomic E-state index is 11.7. The Balaban J connectivity index is 1.59. The molecule has 3 N–H and O–H groups in total. The number of imide groups is 1. The zero-order valence-corrected chi connectivity index (χ0v) is 17.0. The van der Waals surface area contributed by atoms with Crippen molar-refractivity contribution in [3.05, 3.63) is 0 Å². The van der Waals surface area contributed by atoms with Crippen LogP contribution in [-0.4, -0.2) is 92.3 Å². The highest BCUT2D eigenvalue weighted by molar-refractivity contribution is 6.01. The van der Waals surface area contributed by atoms with Gasteiger partial charge in [-0.2, -0.15) is 0 Å². The molecule has 0 atom stereocenters. The molecule has 2 aliphatic heterocycles. The van der Waals surface area contributed by atoms with E-state index in [4.69, 9.17) is 9.73 Å². The van der Waals surface area contributed by atoms with Crippen molar-refractivity contribution in [2.24, 2.45) is 4.99 Å². The van der Waals surface area contributed by atoms with Crippen molar-refractivity contribution in [3.63, 3.8) is 0 Å². The monoisotopic (exact) mass is 394 g/mol. The molecule has 3 aliphatic rings. The summed E-state index contributed by atoms with van der Waals surface area (Å²) < 4.78 is 5.55. The Kier molecular flexibility index (Phi) is 7.50. The largest absolute Gasteiger partial charge is 0.379 e. The van der Waals surface area contributed by atoms with Gasteiger partial charge in [-0.15, -0.1) is 0 Å². The Morgan fingerprint density at radius 2 is 1.93 bits per heavy atom. The van der Waals surface area contributed by atoms with Gasteiger partial charge in [-0.05, 0) is 19.8 Å². The van der Waals surface area contributed by atoms with Crippen LogP contribution >= 0.6 is 0 Å². The predicted octanol–water partition coefficient (Wildman–Crippen LogP) is 0.128.